The van der Waals surface area contributed by atoms with Crippen LogP contribution in [0.15, 0.2) is 30.3 Å². The van der Waals surface area contributed by atoms with Gasteiger partial charge in [0, 0.05) is 5.39 Å². The first kappa shape index (κ1) is 18.8. The van der Waals surface area contributed by atoms with E-state index < -0.39 is 0 Å². The topological polar surface area (TPSA) is 9.23 Å². The average Bonchev–Trinajstić information content (AvgIpc) is 3.09. The molecule has 2 fully saturated rings. The third kappa shape index (κ3) is 4.68. The highest BCUT2D eigenvalue weighted by atomic mass is 16.5. The van der Waals surface area contributed by atoms with Crippen LogP contribution < -0.4 is 4.74 Å². The van der Waals surface area contributed by atoms with Gasteiger partial charge in [0.2, 0.25) is 0 Å². The van der Waals surface area contributed by atoms with Gasteiger partial charge in [-0.3, -0.25) is 0 Å². The molecular formula is C26H36O. The third-order valence-electron chi connectivity index (χ3n) is 6.88. The molecule has 2 aliphatic rings. The fourth-order valence-corrected chi connectivity index (χ4v) is 5.30. The van der Waals surface area contributed by atoms with Crippen molar-refractivity contribution in [1.82, 2.24) is 0 Å². The van der Waals surface area contributed by atoms with Crippen LogP contribution in [0, 0.1) is 12.8 Å². The lowest BCUT2D eigenvalue weighted by Gasteiger charge is -2.21. The van der Waals surface area contributed by atoms with Crippen LogP contribution in [-0.2, 0) is 6.42 Å². The van der Waals surface area contributed by atoms with Crippen molar-refractivity contribution >= 4 is 10.8 Å². The Balaban J connectivity index is 1.61. The lowest BCUT2D eigenvalue weighted by atomic mass is 9.89. The van der Waals surface area contributed by atoms with E-state index >= 15 is 0 Å². The molecule has 0 spiro atoms. The van der Waals surface area contributed by atoms with Gasteiger partial charge in [0.15, 0.2) is 0 Å². The SMILES string of the molecule is Cc1ccc(CC2CCCCCC2)c2cccc(OC3CCCCCC3)c12. The summed E-state index contributed by atoms with van der Waals surface area (Å²) in [7, 11) is 0. The van der Waals surface area contributed by atoms with Crippen molar-refractivity contribution in [3.05, 3.63) is 41.5 Å². The second-order valence-corrected chi connectivity index (χ2v) is 9.01. The van der Waals surface area contributed by atoms with Crippen molar-refractivity contribution in [2.24, 2.45) is 5.92 Å². The molecule has 0 bridgehead atoms. The maximum absolute atomic E-state index is 6.59. The van der Waals surface area contributed by atoms with E-state index in [-0.39, 0.29) is 0 Å². The first-order valence-corrected chi connectivity index (χ1v) is 11.5. The summed E-state index contributed by atoms with van der Waals surface area (Å²) < 4.78 is 6.59. The second-order valence-electron chi connectivity index (χ2n) is 9.01. The summed E-state index contributed by atoms with van der Waals surface area (Å²) in [6.07, 6.45) is 18.0. The van der Waals surface area contributed by atoms with Crippen LogP contribution in [0.5, 0.6) is 5.75 Å². The summed E-state index contributed by atoms with van der Waals surface area (Å²) in [5, 5.41) is 2.80. The maximum atomic E-state index is 6.59. The molecule has 0 amide bonds. The van der Waals surface area contributed by atoms with Gasteiger partial charge in [-0.05, 0) is 67.5 Å². The van der Waals surface area contributed by atoms with Crippen LogP contribution in [0.1, 0.15) is 88.2 Å². The molecule has 0 N–H and O–H groups in total. The van der Waals surface area contributed by atoms with E-state index in [0.717, 1.165) is 11.7 Å². The zero-order valence-electron chi connectivity index (χ0n) is 17.1. The first-order valence-electron chi connectivity index (χ1n) is 11.5. The Morgan fingerprint density at radius 2 is 1.44 bits per heavy atom. The van der Waals surface area contributed by atoms with Gasteiger partial charge >= 0.3 is 0 Å². The van der Waals surface area contributed by atoms with Crippen LogP contribution in [0.3, 0.4) is 0 Å². The molecule has 2 aromatic rings. The van der Waals surface area contributed by atoms with Crippen molar-refractivity contribution in [3.63, 3.8) is 0 Å². The molecule has 0 radical (unpaired) electrons. The lowest BCUT2D eigenvalue weighted by molar-refractivity contribution is 0.186. The van der Waals surface area contributed by atoms with E-state index in [1.165, 1.54) is 105 Å². The van der Waals surface area contributed by atoms with Crippen LogP contribution in [0.2, 0.25) is 0 Å². The fourth-order valence-electron chi connectivity index (χ4n) is 5.30. The number of benzene rings is 2. The summed E-state index contributed by atoms with van der Waals surface area (Å²) in [4.78, 5) is 0. The average molecular weight is 365 g/mol. The molecule has 1 heteroatoms. The smallest absolute Gasteiger partial charge is 0.127 e. The Morgan fingerprint density at radius 3 is 2.15 bits per heavy atom. The molecule has 27 heavy (non-hydrogen) atoms. The van der Waals surface area contributed by atoms with Crippen LogP contribution >= 0.6 is 0 Å². The van der Waals surface area contributed by atoms with Crippen LogP contribution in [0.4, 0.5) is 0 Å². The zero-order valence-corrected chi connectivity index (χ0v) is 17.1. The normalized spacial score (nSPS) is 20.3. The van der Waals surface area contributed by atoms with Gasteiger partial charge in [-0.1, -0.05) is 75.6 Å². The highest BCUT2D eigenvalue weighted by molar-refractivity contribution is 5.93. The second kappa shape index (κ2) is 9.13. The van der Waals surface area contributed by atoms with E-state index in [4.69, 9.17) is 4.74 Å². The van der Waals surface area contributed by atoms with E-state index in [9.17, 15) is 0 Å². The number of rotatable bonds is 4. The summed E-state index contributed by atoms with van der Waals surface area (Å²) in [5.41, 5.74) is 2.90. The largest absolute Gasteiger partial charge is 0.490 e. The van der Waals surface area contributed by atoms with Gasteiger partial charge in [0.05, 0.1) is 6.10 Å². The summed E-state index contributed by atoms with van der Waals surface area (Å²) in [5.74, 6) is 1.99. The number of fused-ring (bicyclic) bond motifs is 1. The van der Waals surface area contributed by atoms with Gasteiger partial charge in [0.1, 0.15) is 5.75 Å². The molecule has 0 heterocycles. The maximum Gasteiger partial charge on any atom is 0.127 e. The molecular weight excluding hydrogens is 328 g/mol. The molecule has 1 nitrogen and oxygen atoms in total. The quantitative estimate of drug-likeness (QED) is 0.504. The van der Waals surface area contributed by atoms with Crippen molar-refractivity contribution in [3.8, 4) is 5.75 Å². The number of hydrogen-bond donors (Lipinski definition) is 0. The van der Waals surface area contributed by atoms with Gasteiger partial charge in [-0.15, -0.1) is 0 Å². The number of hydrogen-bond acceptors (Lipinski definition) is 1. The van der Waals surface area contributed by atoms with Gasteiger partial charge in [0.25, 0.3) is 0 Å². The molecule has 0 atom stereocenters. The molecule has 2 saturated carbocycles. The van der Waals surface area contributed by atoms with E-state index in [0.29, 0.717) is 6.10 Å². The first-order chi connectivity index (χ1) is 13.3. The Morgan fingerprint density at radius 1 is 0.778 bits per heavy atom. The Hall–Kier alpha value is -1.50. The van der Waals surface area contributed by atoms with Gasteiger partial charge in [-0.25, -0.2) is 0 Å². The summed E-state index contributed by atoms with van der Waals surface area (Å²) in [6, 6.07) is 11.5. The zero-order chi connectivity index (χ0) is 18.5. The number of aryl methyl sites for hydroxylation is 1. The van der Waals surface area contributed by atoms with Crippen LogP contribution in [0.25, 0.3) is 10.8 Å². The highest BCUT2D eigenvalue weighted by Crippen LogP contribution is 2.35. The number of ether oxygens (including phenoxy) is 1. The van der Waals surface area contributed by atoms with Crippen molar-refractivity contribution in [1.29, 1.82) is 0 Å². The molecule has 2 aliphatic carbocycles. The lowest BCUT2D eigenvalue weighted by Crippen LogP contribution is -2.15. The molecule has 2 aromatic carbocycles. The molecule has 146 valence electrons. The minimum absolute atomic E-state index is 0.406. The molecule has 0 unspecified atom stereocenters. The molecule has 0 aliphatic heterocycles. The minimum Gasteiger partial charge on any atom is -0.490 e. The molecule has 4 rings (SSSR count). The van der Waals surface area contributed by atoms with Crippen molar-refractivity contribution < 1.29 is 4.74 Å². The van der Waals surface area contributed by atoms with E-state index in [2.05, 4.69) is 37.3 Å². The Kier molecular flexibility index (Phi) is 6.37. The van der Waals surface area contributed by atoms with Gasteiger partial charge < -0.3 is 4.74 Å². The van der Waals surface area contributed by atoms with Gasteiger partial charge in [-0.2, -0.15) is 0 Å². The van der Waals surface area contributed by atoms with Crippen molar-refractivity contribution in [2.75, 3.05) is 0 Å². The van der Waals surface area contributed by atoms with E-state index in [1.54, 1.807) is 0 Å². The Bertz CT molecular complexity index is 731. The standard InChI is InChI=1S/C26H36O/c1-20-17-18-22(19-21-11-6-2-3-7-12-21)24-15-10-16-25(26(20)24)27-23-13-8-4-5-9-14-23/h10,15-18,21,23H,2-9,11-14,19H2,1H3. The summed E-state index contributed by atoms with van der Waals surface area (Å²) in [6.45, 7) is 2.25. The molecule has 0 aromatic heterocycles. The fraction of sp³-hybridized carbons (Fsp3) is 0.615. The predicted molar refractivity (Wildman–Crippen MR) is 116 cm³/mol. The summed E-state index contributed by atoms with van der Waals surface area (Å²) >= 11 is 0. The monoisotopic (exact) mass is 364 g/mol. The molecule has 0 saturated heterocycles. The highest BCUT2D eigenvalue weighted by Gasteiger charge is 2.18. The van der Waals surface area contributed by atoms with E-state index in [1.807, 2.05) is 0 Å². The van der Waals surface area contributed by atoms with Crippen LogP contribution in [-0.4, -0.2) is 6.10 Å². The Labute approximate surface area is 165 Å². The minimum atomic E-state index is 0.406. The third-order valence-corrected chi connectivity index (χ3v) is 6.88. The predicted octanol–water partition coefficient (Wildman–Crippen LogP) is 7.76. The van der Waals surface area contributed by atoms with Crippen molar-refractivity contribution in [2.45, 2.75) is 96.5 Å².